The second-order valence-electron chi connectivity index (χ2n) is 7.61. The second-order valence-corrected chi connectivity index (χ2v) is 8.05. The monoisotopic (exact) mass is 411 g/mol. The summed E-state index contributed by atoms with van der Waals surface area (Å²) in [6, 6.07) is 15.6. The van der Waals surface area contributed by atoms with Crippen LogP contribution in [0.5, 0.6) is 5.75 Å². The molecule has 5 nitrogen and oxygen atoms in total. The molecule has 0 N–H and O–H groups in total. The number of hydrogen-bond acceptors (Lipinski definition) is 3. The SMILES string of the molecule is CCC1CN(Cc2c(C)n(C)n(-c3ccccc3)c2=O)Cc2ccc(Cl)cc2O1. The molecule has 29 heavy (non-hydrogen) atoms. The van der Waals surface area contributed by atoms with Gasteiger partial charge in [0.1, 0.15) is 11.9 Å². The highest BCUT2D eigenvalue weighted by Crippen LogP contribution is 2.29. The number of ether oxygens (including phenoxy) is 1. The first-order valence-electron chi connectivity index (χ1n) is 9.98. The molecule has 0 aliphatic carbocycles. The molecule has 0 amide bonds. The van der Waals surface area contributed by atoms with Gasteiger partial charge in [-0.2, -0.15) is 0 Å². The molecule has 1 atom stereocenters. The molecule has 0 spiro atoms. The average Bonchev–Trinajstić information content (AvgIpc) is 2.85. The third-order valence-corrected chi connectivity index (χ3v) is 5.92. The van der Waals surface area contributed by atoms with E-state index in [0.717, 1.165) is 47.8 Å². The first kappa shape index (κ1) is 19.8. The van der Waals surface area contributed by atoms with Gasteiger partial charge in [-0.05, 0) is 37.6 Å². The highest BCUT2D eigenvalue weighted by Gasteiger charge is 2.25. The summed E-state index contributed by atoms with van der Waals surface area (Å²) in [5.41, 5.74) is 3.81. The minimum absolute atomic E-state index is 0.0331. The Morgan fingerprint density at radius 2 is 1.93 bits per heavy atom. The normalized spacial score (nSPS) is 16.9. The van der Waals surface area contributed by atoms with Crippen molar-refractivity contribution in [3.8, 4) is 11.4 Å². The molecule has 0 bridgehead atoms. The van der Waals surface area contributed by atoms with Crippen LogP contribution in [0.1, 0.15) is 30.2 Å². The van der Waals surface area contributed by atoms with Gasteiger partial charge < -0.3 is 4.74 Å². The summed E-state index contributed by atoms with van der Waals surface area (Å²) in [5.74, 6) is 0.846. The summed E-state index contributed by atoms with van der Waals surface area (Å²) in [6.07, 6.45) is 0.958. The largest absolute Gasteiger partial charge is 0.489 e. The van der Waals surface area contributed by atoms with E-state index in [1.54, 1.807) is 4.68 Å². The summed E-state index contributed by atoms with van der Waals surface area (Å²) in [6.45, 7) is 6.20. The summed E-state index contributed by atoms with van der Waals surface area (Å²) in [7, 11) is 1.94. The van der Waals surface area contributed by atoms with Gasteiger partial charge in [-0.15, -0.1) is 0 Å². The Labute approximate surface area is 176 Å². The quantitative estimate of drug-likeness (QED) is 0.642. The lowest BCUT2D eigenvalue weighted by atomic mass is 10.1. The summed E-state index contributed by atoms with van der Waals surface area (Å²) in [5, 5.41) is 0.678. The van der Waals surface area contributed by atoms with Crippen LogP contribution in [0.3, 0.4) is 0 Å². The summed E-state index contributed by atoms with van der Waals surface area (Å²) in [4.78, 5) is 15.6. The van der Waals surface area contributed by atoms with Gasteiger partial charge >= 0.3 is 0 Å². The molecular weight excluding hydrogens is 386 g/mol. The maximum absolute atomic E-state index is 13.3. The van der Waals surface area contributed by atoms with Crippen LogP contribution in [0, 0.1) is 6.92 Å². The van der Waals surface area contributed by atoms with Crippen molar-refractivity contribution in [2.75, 3.05) is 6.54 Å². The number of para-hydroxylation sites is 1. The predicted molar refractivity (Wildman–Crippen MR) is 116 cm³/mol. The molecule has 4 rings (SSSR count). The Balaban J connectivity index is 1.68. The van der Waals surface area contributed by atoms with Gasteiger partial charge in [-0.3, -0.25) is 14.4 Å². The van der Waals surface area contributed by atoms with Gasteiger partial charge in [0.05, 0.1) is 11.3 Å². The molecule has 1 aliphatic heterocycles. The third-order valence-electron chi connectivity index (χ3n) is 5.69. The highest BCUT2D eigenvalue weighted by atomic mass is 35.5. The topological polar surface area (TPSA) is 39.4 Å². The molecule has 2 heterocycles. The number of fused-ring (bicyclic) bond motifs is 1. The molecule has 1 unspecified atom stereocenters. The van der Waals surface area contributed by atoms with Gasteiger partial charge in [0.25, 0.3) is 5.56 Å². The van der Waals surface area contributed by atoms with E-state index in [1.807, 2.05) is 67.2 Å². The molecule has 1 aromatic heterocycles. The van der Waals surface area contributed by atoms with Crippen LogP contribution in [0.25, 0.3) is 5.69 Å². The van der Waals surface area contributed by atoms with Crippen molar-refractivity contribution in [1.82, 2.24) is 14.3 Å². The lowest BCUT2D eigenvalue weighted by Gasteiger charge is -2.22. The summed E-state index contributed by atoms with van der Waals surface area (Å²) >= 11 is 6.17. The summed E-state index contributed by atoms with van der Waals surface area (Å²) < 4.78 is 9.88. The van der Waals surface area contributed by atoms with Crippen molar-refractivity contribution in [3.05, 3.63) is 80.7 Å². The zero-order valence-corrected chi connectivity index (χ0v) is 17.8. The minimum Gasteiger partial charge on any atom is -0.489 e. The van der Waals surface area contributed by atoms with Crippen molar-refractivity contribution in [3.63, 3.8) is 0 Å². The zero-order chi connectivity index (χ0) is 20.5. The Morgan fingerprint density at radius 1 is 1.17 bits per heavy atom. The van der Waals surface area contributed by atoms with E-state index >= 15 is 0 Å². The number of nitrogens with zero attached hydrogens (tertiary/aromatic N) is 3. The van der Waals surface area contributed by atoms with Crippen LogP contribution in [0.15, 0.2) is 53.3 Å². The number of benzene rings is 2. The van der Waals surface area contributed by atoms with E-state index < -0.39 is 0 Å². The molecule has 0 saturated heterocycles. The average molecular weight is 412 g/mol. The molecule has 3 aromatic rings. The van der Waals surface area contributed by atoms with E-state index in [4.69, 9.17) is 16.3 Å². The Morgan fingerprint density at radius 3 is 2.66 bits per heavy atom. The fourth-order valence-corrected chi connectivity index (χ4v) is 4.10. The maximum Gasteiger partial charge on any atom is 0.276 e. The second kappa shape index (κ2) is 8.09. The zero-order valence-electron chi connectivity index (χ0n) is 17.1. The van der Waals surface area contributed by atoms with E-state index in [1.165, 1.54) is 0 Å². The van der Waals surface area contributed by atoms with Crippen LogP contribution in [-0.2, 0) is 20.1 Å². The molecule has 0 radical (unpaired) electrons. The van der Waals surface area contributed by atoms with Crippen molar-refractivity contribution in [2.45, 2.75) is 39.5 Å². The molecule has 0 saturated carbocycles. The van der Waals surface area contributed by atoms with Crippen molar-refractivity contribution < 1.29 is 4.74 Å². The lowest BCUT2D eigenvalue weighted by molar-refractivity contribution is 0.139. The van der Waals surface area contributed by atoms with Crippen molar-refractivity contribution >= 4 is 11.6 Å². The number of hydrogen-bond donors (Lipinski definition) is 0. The first-order chi connectivity index (χ1) is 14.0. The Kier molecular flexibility index (Phi) is 5.52. The van der Waals surface area contributed by atoms with Crippen LogP contribution < -0.4 is 10.3 Å². The van der Waals surface area contributed by atoms with Crippen LogP contribution in [0.2, 0.25) is 5.02 Å². The van der Waals surface area contributed by atoms with Crippen LogP contribution in [0.4, 0.5) is 0 Å². The maximum atomic E-state index is 13.3. The lowest BCUT2D eigenvalue weighted by Crippen LogP contribution is -2.33. The van der Waals surface area contributed by atoms with E-state index in [9.17, 15) is 4.79 Å². The third kappa shape index (κ3) is 3.85. The van der Waals surface area contributed by atoms with Gasteiger partial charge in [0.15, 0.2) is 0 Å². The standard InChI is InChI=1S/C23H26ClN3O2/c1-4-20-14-26(13-17-10-11-18(24)12-22(17)29-20)15-21-16(2)25(3)27(23(21)28)19-8-6-5-7-9-19/h5-12,20H,4,13-15H2,1-3H3. The highest BCUT2D eigenvalue weighted by molar-refractivity contribution is 6.30. The molecule has 1 aliphatic rings. The first-order valence-corrected chi connectivity index (χ1v) is 10.4. The van der Waals surface area contributed by atoms with Crippen molar-refractivity contribution in [1.29, 1.82) is 0 Å². The number of aromatic nitrogens is 2. The molecule has 6 heteroatoms. The number of rotatable bonds is 4. The van der Waals surface area contributed by atoms with Crippen molar-refractivity contribution in [2.24, 2.45) is 7.05 Å². The number of halogens is 1. The van der Waals surface area contributed by atoms with Gasteiger partial charge in [0.2, 0.25) is 0 Å². The van der Waals surface area contributed by atoms with E-state index in [2.05, 4.69) is 11.8 Å². The predicted octanol–water partition coefficient (Wildman–Crippen LogP) is 4.31. The molecular formula is C23H26ClN3O2. The van der Waals surface area contributed by atoms with Gasteiger partial charge in [0, 0.05) is 43.0 Å². The Hall–Kier alpha value is -2.50. The van der Waals surface area contributed by atoms with E-state index in [-0.39, 0.29) is 11.7 Å². The van der Waals surface area contributed by atoms with Gasteiger partial charge in [-0.25, -0.2) is 4.68 Å². The fraction of sp³-hybridized carbons (Fsp3) is 0.348. The van der Waals surface area contributed by atoms with Crippen LogP contribution in [-0.4, -0.2) is 26.9 Å². The molecule has 2 aromatic carbocycles. The van der Waals surface area contributed by atoms with Crippen LogP contribution >= 0.6 is 11.6 Å². The fourth-order valence-electron chi connectivity index (χ4n) is 3.94. The smallest absolute Gasteiger partial charge is 0.276 e. The minimum atomic E-state index is 0.0331. The Bertz CT molecular complexity index is 1070. The van der Waals surface area contributed by atoms with E-state index in [0.29, 0.717) is 11.6 Å². The molecule has 152 valence electrons. The molecule has 0 fully saturated rings. The van der Waals surface area contributed by atoms with Gasteiger partial charge in [-0.1, -0.05) is 42.8 Å².